The molecule has 9 heteroatoms. The number of alkyl halides is 5. The number of carbonyl (C=O) groups is 1. The largest absolute Gasteiger partial charge is 0.545 e. The average molecular weight is 337 g/mol. The van der Waals surface area contributed by atoms with Gasteiger partial charge in [-0.25, -0.2) is 8.78 Å². The highest BCUT2D eigenvalue weighted by atomic mass is 19.4. The summed E-state index contributed by atoms with van der Waals surface area (Å²) in [5.74, 6) is 0.294. The maximum absolute atomic E-state index is 12.9. The highest BCUT2D eigenvalue weighted by molar-refractivity contribution is 5.87. The van der Waals surface area contributed by atoms with Crippen LogP contribution in [0, 0.1) is 12.3 Å². The van der Waals surface area contributed by atoms with Gasteiger partial charge in [0.2, 0.25) is 0 Å². The Balaban J connectivity index is 3.39. The van der Waals surface area contributed by atoms with E-state index in [1.165, 1.54) is 13.8 Å². The monoisotopic (exact) mass is 337 g/mol. The minimum atomic E-state index is -4.84. The molecule has 0 spiro atoms. The molecule has 0 aromatic rings. The van der Waals surface area contributed by atoms with E-state index in [2.05, 4.69) is 11.2 Å². The molecule has 1 aliphatic rings. The zero-order chi connectivity index (χ0) is 18.0. The maximum atomic E-state index is 12.9. The Morgan fingerprint density at radius 1 is 1.48 bits per heavy atom. The molecule has 0 aliphatic carbocycles. The molecule has 128 valence electrons. The Bertz CT molecular complexity index is 573. The van der Waals surface area contributed by atoms with Gasteiger partial charge < -0.3 is 14.8 Å². The zero-order valence-corrected chi connectivity index (χ0v) is 12.2. The standard InChI is InChI=1S/C14H15F5N2O2/c1-4-13(2,3)21-7-8(14(17,18)19)5-9(12(22)23)11(21)20-6-10(15)16/h1,5,7,10-11,20H,6H2,2-3H3,(H,22,23)/p-1. The van der Waals surface area contributed by atoms with Gasteiger partial charge in [0.25, 0.3) is 6.43 Å². The van der Waals surface area contributed by atoms with Crippen LogP contribution in [0.15, 0.2) is 23.4 Å². The predicted molar refractivity (Wildman–Crippen MR) is 69.8 cm³/mol. The van der Waals surface area contributed by atoms with E-state index >= 15 is 0 Å². The molecule has 1 heterocycles. The first-order valence-electron chi connectivity index (χ1n) is 6.40. The summed E-state index contributed by atoms with van der Waals surface area (Å²) >= 11 is 0. The molecule has 0 radical (unpaired) electrons. The summed E-state index contributed by atoms with van der Waals surface area (Å²) < 4.78 is 63.6. The van der Waals surface area contributed by atoms with Crippen molar-refractivity contribution in [3.05, 3.63) is 23.4 Å². The second kappa shape index (κ2) is 6.58. The van der Waals surface area contributed by atoms with Crippen molar-refractivity contribution in [2.75, 3.05) is 6.54 Å². The lowest BCUT2D eigenvalue weighted by atomic mass is 9.96. The number of carboxylic acids is 1. The van der Waals surface area contributed by atoms with E-state index in [9.17, 15) is 31.9 Å². The second-order valence-electron chi connectivity index (χ2n) is 5.28. The molecule has 0 fully saturated rings. The third-order valence-corrected chi connectivity index (χ3v) is 3.19. The van der Waals surface area contributed by atoms with Gasteiger partial charge in [0.05, 0.1) is 23.6 Å². The minimum Gasteiger partial charge on any atom is -0.545 e. The lowest BCUT2D eigenvalue weighted by Crippen LogP contribution is -2.57. The van der Waals surface area contributed by atoms with Crippen molar-refractivity contribution in [3.8, 4) is 12.3 Å². The van der Waals surface area contributed by atoms with Gasteiger partial charge in [-0.1, -0.05) is 5.92 Å². The number of hydrogen-bond acceptors (Lipinski definition) is 4. The summed E-state index contributed by atoms with van der Waals surface area (Å²) in [5.41, 5.74) is -3.47. The SMILES string of the molecule is C#CC(C)(C)N1C=C(C(F)(F)F)C=C(C(=O)[O-])C1NCC(F)F. The number of nitrogens with zero attached hydrogens (tertiary/aromatic N) is 1. The van der Waals surface area contributed by atoms with Crippen LogP contribution in [0.4, 0.5) is 22.0 Å². The first-order chi connectivity index (χ1) is 10.4. The van der Waals surface area contributed by atoms with Crippen molar-refractivity contribution in [2.24, 2.45) is 0 Å². The Morgan fingerprint density at radius 3 is 2.43 bits per heavy atom. The predicted octanol–water partition coefficient (Wildman–Crippen LogP) is 1.02. The summed E-state index contributed by atoms with van der Waals surface area (Å²) in [6, 6.07) is 0. The quantitative estimate of drug-likeness (QED) is 0.601. The van der Waals surface area contributed by atoms with E-state index in [4.69, 9.17) is 6.42 Å². The van der Waals surface area contributed by atoms with Crippen LogP contribution in [0.5, 0.6) is 0 Å². The van der Waals surface area contributed by atoms with Crippen LogP contribution in [-0.4, -0.2) is 41.7 Å². The minimum absolute atomic E-state index is 0.349. The highest BCUT2D eigenvalue weighted by Crippen LogP contribution is 2.34. The third-order valence-electron chi connectivity index (χ3n) is 3.19. The van der Waals surface area contributed by atoms with Crippen molar-refractivity contribution in [1.29, 1.82) is 0 Å². The number of carbonyl (C=O) groups excluding carboxylic acids is 1. The number of aliphatic carboxylic acids is 1. The number of terminal acetylenes is 1. The maximum Gasteiger partial charge on any atom is 0.417 e. The van der Waals surface area contributed by atoms with Gasteiger partial charge in [-0.2, -0.15) is 13.2 Å². The van der Waals surface area contributed by atoms with Crippen molar-refractivity contribution in [1.82, 2.24) is 10.2 Å². The first-order valence-corrected chi connectivity index (χ1v) is 6.40. The molecule has 0 saturated carbocycles. The van der Waals surface area contributed by atoms with E-state index in [-0.39, 0.29) is 0 Å². The first kappa shape index (κ1) is 19.0. The van der Waals surface area contributed by atoms with Crippen LogP contribution in [0.2, 0.25) is 0 Å². The molecule has 0 bridgehead atoms. The molecule has 4 nitrogen and oxygen atoms in total. The second-order valence-corrected chi connectivity index (χ2v) is 5.28. The van der Waals surface area contributed by atoms with Crippen molar-refractivity contribution in [2.45, 2.75) is 38.2 Å². The number of rotatable bonds is 5. The van der Waals surface area contributed by atoms with Gasteiger partial charge in [-0.05, 0) is 19.9 Å². The molecule has 1 atom stereocenters. The van der Waals surface area contributed by atoms with E-state index < -0.39 is 48.0 Å². The highest BCUT2D eigenvalue weighted by Gasteiger charge is 2.41. The van der Waals surface area contributed by atoms with E-state index in [0.717, 1.165) is 4.90 Å². The Hall–Kier alpha value is -2.08. The van der Waals surface area contributed by atoms with Gasteiger partial charge in [0.15, 0.2) is 0 Å². The van der Waals surface area contributed by atoms with Crippen LogP contribution in [-0.2, 0) is 4.79 Å². The lowest BCUT2D eigenvalue weighted by molar-refractivity contribution is -0.300. The molecular weight excluding hydrogens is 323 g/mol. The fourth-order valence-electron chi connectivity index (χ4n) is 1.95. The fourth-order valence-corrected chi connectivity index (χ4v) is 1.95. The fraction of sp³-hybridized carbons (Fsp3) is 0.500. The summed E-state index contributed by atoms with van der Waals surface area (Å²) in [6.07, 6.45) is -2.92. The third kappa shape index (κ3) is 4.45. The number of allylic oxidation sites excluding steroid dienone is 2. The zero-order valence-electron chi connectivity index (χ0n) is 12.2. The van der Waals surface area contributed by atoms with Crippen LogP contribution < -0.4 is 10.4 Å². The summed E-state index contributed by atoms with van der Waals surface area (Å²) in [6.45, 7) is 1.78. The smallest absolute Gasteiger partial charge is 0.417 e. The van der Waals surface area contributed by atoms with E-state index in [0.29, 0.717) is 12.3 Å². The molecule has 0 aromatic carbocycles. The van der Waals surface area contributed by atoms with Gasteiger partial charge in [0, 0.05) is 11.8 Å². The Labute approximate surface area is 129 Å². The van der Waals surface area contributed by atoms with E-state index in [1.807, 2.05) is 0 Å². The van der Waals surface area contributed by atoms with Crippen LogP contribution in [0.25, 0.3) is 0 Å². The lowest BCUT2D eigenvalue weighted by Gasteiger charge is -2.44. The van der Waals surface area contributed by atoms with Gasteiger partial charge >= 0.3 is 6.18 Å². The molecule has 0 aromatic heterocycles. The topological polar surface area (TPSA) is 55.4 Å². The molecule has 1 N–H and O–H groups in total. The molecule has 0 amide bonds. The number of halogens is 5. The number of carboxylic acid groups (broad SMARTS) is 1. The summed E-state index contributed by atoms with van der Waals surface area (Å²) in [5, 5.41) is 13.4. The van der Waals surface area contributed by atoms with Crippen molar-refractivity contribution in [3.63, 3.8) is 0 Å². The average Bonchev–Trinajstić information content (AvgIpc) is 2.42. The van der Waals surface area contributed by atoms with Gasteiger partial charge in [-0.15, -0.1) is 6.42 Å². The molecule has 1 aliphatic heterocycles. The van der Waals surface area contributed by atoms with Crippen LogP contribution in [0.3, 0.4) is 0 Å². The van der Waals surface area contributed by atoms with Gasteiger partial charge in [0.1, 0.15) is 6.17 Å². The number of nitrogens with one attached hydrogen (secondary N) is 1. The normalized spacial score (nSPS) is 19.3. The molecule has 1 unspecified atom stereocenters. The van der Waals surface area contributed by atoms with Crippen LogP contribution >= 0.6 is 0 Å². The summed E-state index contributed by atoms with van der Waals surface area (Å²) in [7, 11) is 0. The number of hydrogen-bond donors (Lipinski definition) is 1. The molecule has 1 rings (SSSR count). The van der Waals surface area contributed by atoms with Crippen molar-refractivity contribution >= 4 is 5.97 Å². The van der Waals surface area contributed by atoms with Crippen LogP contribution in [0.1, 0.15) is 13.8 Å². The van der Waals surface area contributed by atoms with Gasteiger partial charge in [-0.3, -0.25) is 5.32 Å². The summed E-state index contributed by atoms with van der Waals surface area (Å²) in [4.78, 5) is 12.0. The van der Waals surface area contributed by atoms with E-state index in [1.54, 1.807) is 0 Å². The molecule has 0 saturated heterocycles. The Kier molecular flexibility index (Phi) is 5.43. The molecular formula is C14H14F5N2O2-. The Morgan fingerprint density at radius 2 is 2.04 bits per heavy atom. The molecule has 23 heavy (non-hydrogen) atoms. The van der Waals surface area contributed by atoms with Crippen molar-refractivity contribution < 1.29 is 31.9 Å².